The van der Waals surface area contributed by atoms with Gasteiger partial charge in [0.25, 0.3) is 0 Å². The molecule has 0 aromatic heterocycles. The molecule has 0 fully saturated rings. The van der Waals surface area contributed by atoms with Gasteiger partial charge in [0.15, 0.2) is 0 Å². The number of hydrogen-bond acceptors (Lipinski definition) is 3. The lowest BCUT2D eigenvalue weighted by atomic mass is 10.2. The molecule has 0 unspecified atom stereocenters. The van der Waals surface area contributed by atoms with Crippen LogP contribution in [0.3, 0.4) is 0 Å². The third-order valence-electron chi connectivity index (χ3n) is 1.56. The van der Waals surface area contributed by atoms with Crippen molar-refractivity contribution in [3.05, 3.63) is 28.2 Å². The second-order valence-electron chi connectivity index (χ2n) is 2.66. The zero-order valence-corrected chi connectivity index (χ0v) is 10.5. The van der Waals surface area contributed by atoms with E-state index < -0.39 is 0 Å². The monoisotopic (exact) mass is 286 g/mol. The molecule has 0 spiro atoms. The molecule has 0 atom stereocenters. The Morgan fingerprint density at radius 3 is 2.73 bits per heavy atom. The number of halogens is 1. The van der Waals surface area contributed by atoms with Crippen molar-refractivity contribution in [2.75, 3.05) is 6.26 Å². The van der Waals surface area contributed by atoms with Gasteiger partial charge in [-0.2, -0.15) is 5.10 Å². The van der Waals surface area contributed by atoms with Crippen LogP contribution in [0, 0.1) is 0 Å². The maximum Gasteiger partial charge on any atom is 0.211 e. The lowest BCUT2D eigenvalue weighted by molar-refractivity contribution is 1.21. The minimum absolute atomic E-state index is 0.0500. The van der Waals surface area contributed by atoms with Crippen LogP contribution in [0.4, 0.5) is 0 Å². The molecule has 0 amide bonds. The Morgan fingerprint density at radius 2 is 2.20 bits per heavy atom. The summed E-state index contributed by atoms with van der Waals surface area (Å²) in [7, 11) is 0. The highest BCUT2D eigenvalue weighted by molar-refractivity contribution is 9.10. The molecule has 0 heterocycles. The molecule has 80 valence electrons. The second-order valence-corrected chi connectivity index (χ2v) is 4.37. The fourth-order valence-electron chi connectivity index (χ4n) is 0.925. The standard InChI is InChI=1S/C9H11BrN4S/c1-15-8-3-2-6(4-7(8)10)5-13-14-9(11)12/h2-5H,1H3,(H4,11,12,14). The molecule has 4 N–H and O–H groups in total. The molecule has 6 heteroatoms. The van der Waals surface area contributed by atoms with Gasteiger partial charge in [-0.1, -0.05) is 6.07 Å². The van der Waals surface area contributed by atoms with Crippen molar-refractivity contribution >= 4 is 39.9 Å². The van der Waals surface area contributed by atoms with E-state index in [1.54, 1.807) is 18.0 Å². The molecule has 1 aromatic rings. The number of hydrogen-bond donors (Lipinski definition) is 2. The van der Waals surface area contributed by atoms with E-state index in [9.17, 15) is 0 Å². The van der Waals surface area contributed by atoms with Crippen LogP contribution < -0.4 is 11.5 Å². The van der Waals surface area contributed by atoms with E-state index in [0.717, 1.165) is 10.0 Å². The highest BCUT2D eigenvalue weighted by Crippen LogP contribution is 2.25. The highest BCUT2D eigenvalue weighted by Gasteiger charge is 1.98. The van der Waals surface area contributed by atoms with Crippen molar-refractivity contribution in [1.29, 1.82) is 0 Å². The van der Waals surface area contributed by atoms with E-state index in [-0.39, 0.29) is 5.96 Å². The molecule has 0 aliphatic rings. The lowest BCUT2D eigenvalue weighted by Crippen LogP contribution is -2.21. The highest BCUT2D eigenvalue weighted by atomic mass is 79.9. The van der Waals surface area contributed by atoms with Gasteiger partial charge in [0.1, 0.15) is 0 Å². The molecule has 0 saturated carbocycles. The number of guanidine groups is 1. The van der Waals surface area contributed by atoms with Crippen LogP contribution >= 0.6 is 27.7 Å². The lowest BCUT2D eigenvalue weighted by Gasteiger charge is -2.00. The molecular formula is C9H11BrN4S. The average molecular weight is 287 g/mol. The summed E-state index contributed by atoms with van der Waals surface area (Å²) in [6.07, 6.45) is 3.61. The van der Waals surface area contributed by atoms with Gasteiger partial charge in [-0.05, 0) is 39.9 Å². The molecule has 0 bridgehead atoms. The summed E-state index contributed by atoms with van der Waals surface area (Å²) in [6.45, 7) is 0. The summed E-state index contributed by atoms with van der Waals surface area (Å²) in [5.41, 5.74) is 11.2. The second kappa shape index (κ2) is 5.77. The maximum absolute atomic E-state index is 5.13. The molecule has 4 nitrogen and oxygen atoms in total. The van der Waals surface area contributed by atoms with Gasteiger partial charge in [0, 0.05) is 9.37 Å². The molecule has 0 saturated heterocycles. The summed E-state index contributed by atoms with van der Waals surface area (Å²) in [5, 5.41) is 7.24. The predicted octanol–water partition coefficient (Wildman–Crippen LogP) is 1.78. The Labute approximate surface area is 101 Å². The molecule has 1 rings (SSSR count). The van der Waals surface area contributed by atoms with Crippen LogP contribution in [0.1, 0.15) is 5.56 Å². The van der Waals surface area contributed by atoms with Crippen molar-refractivity contribution in [1.82, 2.24) is 0 Å². The Balaban J connectivity index is 2.84. The number of nitrogens with zero attached hydrogens (tertiary/aromatic N) is 2. The minimum Gasteiger partial charge on any atom is -0.369 e. The van der Waals surface area contributed by atoms with Crippen LogP contribution in [0.25, 0.3) is 0 Å². The zero-order chi connectivity index (χ0) is 11.3. The van der Waals surface area contributed by atoms with Crippen LogP contribution in [-0.4, -0.2) is 18.4 Å². The van der Waals surface area contributed by atoms with Gasteiger partial charge < -0.3 is 11.5 Å². The number of benzene rings is 1. The van der Waals surface area contributed by atoms with Gasteiger partial charge >= 0.3 is 0 Å². The molecule has 15 heavy (non-hydrogen) atoms. The van der Waals surface area contributed by atoms with Gasteiger partial charge in [-0.15, -0.1) is 16.9 Å². The average Bonchev–Trinajstić information content (AvgIpc) is 2.17. The van der Waals surface area contributed by atoms with Gasteiger partial charge in [-0.25, -0.2) is 0 Å². The van der Waals surface area contributed by atoms with E-state index in [1.807, 2.05) is 24.5 Å². The minimum atomic E-state index is -0.0500. The zero-order valence-electron chi connectivity index (χ0n) is 8.14. The molecule has 1 aromatic carbocycles. The third kappa shape index (κ3) is 3.93. The smallest absolute Gasteiger partial charge is 0.211 e. The SMILES string of the molecule is CSc1ccc(C=NN=C(N)N)cc1Br. The van der Waals surface area contributed by atoms with E-state index in [0.29, 0.717) is 0 Å². The summed E-state index contributed by atoms with van der Waals surface area (Å²) in [4.78, 5) is 1.17. The topological polar surface area (TPSA) is 76.8 Å². The Bertz CT molecular complexity index is 399. The first kappa shape index (κ1) is 12.1. The van der Waals surface area contributed by atoms with Crippen LogP contribution in [0.5, 0.6) is 0 Å². The Hall–Kier alpha value is -1.01. The van der Waals surface area contributed by atoms with Crippen molar-refractivity contribution in [2.45, 2.75) is 4.90 Å². The first-order valence-corrected chi connectivity index (χ1v) is 6.10. The summed E-state index contributed by atoms with van der Waals surface area (Å²) in [6, 6.07) is 5.91. The van der Waals surface area contributed by atoms with Crippen molar-refractivity contribution in [3.8, 4) is 0 Å². The van der Waals surface area contributed by atoms with E-state index in [1.165, 1.54) is 4.90 Å². The van der Waals surface area contributed by atoms with Crippen LogP contribution in [0.2, 0.25) is 0 Å². The Kier molecular flexibility index (Phi) is 4.64. The van der Waals surface area contributed by atoms with Gasteiger partial charge in [0.2, 0.25) is 5.96 Å². The largest absolute Gasteiger partial charge is 0.369 e. The van der Waals surface area contributed by atoms with Gasteiger partial charge in [0.05, 0.1) is 6.21 Å². The maximum atomic E-state index is 5.13. The predicted molar refractivity (Wildman–Crippen MR) is 69.3 cm³/mol. The van der Waals surface area contributed by atoms with E-state index in [4.69, 9.17) is 11.5 Å². The van der Waals surface area contributed by atoms with Gasteiger partial charge in [-0.3, -0.25) is 0 Å². The van der Waals surface area contributed by atoms with E-state index >= 15 is 0 Å². The fraction of sp³-hybridized carbons (Fsp3) is 0.111. The number of thioether (sulfide) groups is 1. The number of nitrogens with two attached hydrogens (primary N) is 2. The van der Waals surface area contributed by atoms with E-state index in [2.05, 4.69) is 26.1 Å². The normalized spacial score (nSPS) is 10.5. The van der Waals surface area contributed by atoms with Crippen LogP contribution in [-0.2, 0) is 0 Å². The summed E-state index contributed by atoms with van der Waals surface area (Å²) in [5.74, 6) is -0.0500. The van der Waals surface area contributed by atoms with Crippen LogP contribution in [0.15, 0.2) is 37.8 Å². The first-order chi connectivity index (χ1) is 7.13. The summed E-state index contributed by atoms with van der Waals surface area (Å²) < 4.78 is 1.03. The van der Waals surface area contributed by atoms with Crippen molar-refractivity contribution in [3.63, 3.8) is 0 Å². The van der Waals surface area contributed by atoms with Crippen molar-refractivity contribution in [2.24, 2.45) is 21.7 Å². The molecule has 0 aliphatic carbocycles. The fourth-order valence-corrected chi connectivity index (χ4v) is 2.27. The Morgan fingerprint density at radius 1 is 1.47 bits per heavy atom. The molecular weight excluding hydrogens is 276 g/mol. The molecule has 0 aliphatic heterocycles. The third-order valence-corrected chi connectivity index (χ3v) is 3.27. The molecule has 0 radical (unpaired) electrons. The van der Waals surface area contributed by atoms with Crippen molar-refractivity contribution < 1.29 is 0 Å². The number of rotatable bonds is 3. The first-order valence-electron chi connectivity index (χ1n) is 4.09. The summed E-state index contributed by atoms with van der Waals surface area (Å²) >= 11 is 5.13. The quantitative estimate of drug-likeness (QED) is 0.385.